The van der Waals surface area contributed by atoms with Gasteiger partial charge in [-0.2, -0.15) is 0 Å². The maximum absolute atomic E-state index is 12.3. The van der Waals surface area contributed by atoms with Crippen LogP contribution in [0, 0.1) is 0 Å². The molecule has 1 aromatic heterocycles. The van der Waals surface area contributed by atoms with Gasteiger partial charge in [0.05, 0.1) is 31.6 Å². The number of ether oxygens (including phenoxy) is 2. The van der Waals surface area contributed by atoms with E-state index in [1.54, 1.807) is 18.3 Å². The molecule has 2 aromatic rings. The van der Waals surface area contributed by atoms with Gasteiger partial charge >= 0.3 is 0 Å². The maximum Gasteiger partial charge on any atom is 0.254 e. The molecule has 0 aliphatic rings. The Hall–Kier alpha value is -2.34. The fourth-order valence-corrected chi connectivity index (χ4v) is 2.80. The second-order valence-corrected chi connectivity index (χ2v) is 6.16. The maximum atomic E-state index is 12.3. The van der Waals surface area contributed by atoms with Crippen LogP contribution in [0.5, 0.6) is 11.5 Å². The highest BCUT2D eigenvalue weighted by Crippen LogP contribution is 2.37. The minimum atomic E-state index is -0.195. The molecule has 0 radical (unpaired) electrons. The van der Waals surface area contributed by atoms with Crippen molar-refractivity contribution in [1.29, 1.82) is 0 Å². The highest BCUT2D eigenvalue weighted by molar-refractivity contribution is 6.32. The minimum absolute atomic E-state index is 0.195. The topological polar surface area (TPSA) is 92.5 Å². The Bertz CT molecular complexity index is 790. The third-order valence-electron chi connectivity index (χ3n) is 3.92. The Labute approximate surface area is 152 Å². The van der Waals surface area contributed by atoms with Crippen molar-refractivity contribution in [2.24, 2.45) is 0 Å². The highest BCUT2D eigenvalue weighted by atomic mass is 35.5. The molecule has 0 aliphatic carbocycles. The van der Waals surface area contributed by atoms with Gasteiger partial charge in [-0.15, -0.1) is 0 Å². The van der Waals surface area contributed by atoms with Crippen LogP contribution in [0.2, 0.25) is 5.02 Å². The van der Waals surface area contributed by atoms with Crippen molar-refractivity contribution in [1.82, 2.24) is 4.57 Å². The lowest BCUT2D eigenvalue weighted by Crippen LogP contribution is -2.20. The molecule has 0 saturated heterocycles. The average Bonchev–Trinajstić information content (AvgIpc) is 2.57. The van der Waals surface area contributed by atoms with Crippen molar-refractivity contribution in [2.45, 2.75) is 32.7 Å². The van der Waals surface area contributed by atoms with Gasteiger partial charge in [-0.05, 0) is 18.6 Å². The van der Waals surface area contributed by atoms with Gasteiger partial charge in [0.15, 0.2) is 5.75 Å². The molecular formula is C18H24ClN3O3. The molecule has 0 fully saturated rings. The van der Waals surface area contributed by atoms with E-state index < -0.39 is 0 Å². The van der Waals surface area contributed by atoms with Crippen LogP contribution in [0.1, 0.15) is 31.7 Å². The molecule has 25 heavy (non-hydrogen) atoms. The number of hydrogen-bond acceptors (Lipinski definition) is 5. The number of nitrogens with two attached hydrogens (primary N) is 2. The summed E-state index contributed by atoms with van der Waals surface area (Å²) in [6.07, 6.45) is 4.86. The number of methoxy groups -OCH3 is 1. The number of benzene rings is 1. The Morgan fingerprint density at radius 2 is 2.00 bits per heavy atom. The van der Waals surface area contributed by atoms with E-state index in [0.29, 0.717) is 40.1 Å². The van der Waals surface area contributed by atoms with Gasteiger partial charge in [0, 0.05) is 22.8 Å². The van der Waals surface area contributed by atoms with Gasteiger partial charge in [-0.1, -0.05) is 31.4 Å². The summed E-state index contributed by atoms with van der Waals surface area (Å²) in [6.45, 7) is 2.95. The number of anilines is 2. The normalized spacial score (nSPS) is 10.7. The van der Waals surface area contributed by atoms with Gasteiger partial charge in [0.1, 0.15) is 5.75 Å². The van der Waals surface area contributed by atoms with Gasteiger partial charge < -0.3 is 25.5 Å². The number of rotatable bonds is 8. The van der Waals surface area contributed by atoms with Crippen LogP contribution in [0.25, 0.3) is 0 Å². The number of halogens is 1. The van der Waals surface area contributed by atoms with Crippen LogP contribution in [0.15, 0.2) is 29.2 Å². The van der Waals surface area contributed by atoms with Gasteiger partial charge in [-0.25, -0.2) is 0 Å². The molecule has 0 saturated carbocycles. The summed E-state index contributed by atoms with van der Waals surface area (Å²) in [4.78, 5) is 12.3. The summed E-state index contributed by atoms with van der Waals surface area (Å²) in [6, 6.07) is 4.79. The van der Waals surface area contributed by atoms with Crippen LogP contribution >= 0.6 is 11.6 Å². The summed E-state index contributed by atoms with van der Waals surface area (Å²) >= 11 is 6.24. The zero-order valence-electron chi connectivity index (χ0n) is 14.5. The number of nitrogen functional groups attached to an aromatic ring is 2. The van der Waals surface area contributed by atoms with E-state index in [0.717, 1.165) is 19.3 Å². The van der Waals surface area contributed by atoms with Crippen molar-refractivity contribution >= 4 is 23.0 Å². The lowest BCUT2D eigenvalue weighted by atomic mass is 10.1. The van der Waals surface area contributed by atoms with Gasteiger partial charge in [0.2, 0.25) is 0 Å². The van der Waals surface area contributed by atoms with E-state index in [-0.39, 0.29) is 12.1 Å². The van der Waals surface area contributed by atoms with Gasteiger partial charge in [-0.3, -0.25) is 4.79 Å². The molecular weight excluding hydrogens is 342 g/mol. The summed E-state index contributed by atoms with van der Waals surface area (Å²) in [7, 11) is 1.48. The lowest BCUT2D eigenvalue weighted by Gasteiger charge is -2.15. The summed E-state index contributed by atoms with van der Waals surface area (Å²) in [5.41, 5.74) is 13.0. The molecule has 0 aliphatic heterocycles. The van der Waals surface area contributed by atoms with E-state index >= 15 is 0 Å². The molecule has 136 valence electrons. The predicted octanol–water partition coefficient (Wildman–Crippen LogP) is 3.29. The number of unbranched alkanes of at least 4 members (excludes halogenated alkanes) is 2. The first-order chi connectivity index (χ1) is 12.0. The molecule has 7 heteroatoms. The zero-order valence-corrected chi connectivity index (χ0v) is 15.3. The van der Waals surface area contributed by atoms with Crippen LogP contribution < -0.4 is 26.5 Å². The van der Waals surface area contributed by atoms with E-state index in [1.807, 2.05) is 0 Å². The van der Waals surface area contributed by atoms with Gasteiger partial charge in [0.25, 0.3) is 5.56 Å². The third-order valence-corrected chi connectivity index (χ3v) is 4.26. The van der Waals surface area contributed by atoms with Crippen molar-refractivity contribution in [2.75, 3.05) is 25.2 Å². The number of hydrogen-bond donors (Lipinski definition) is 2. The van der Waals surface area contributed by atoms with Crippen molar-refractivity contribution < 1.29 is 9.47 Å². The highest BCUT2D eigenvalue weighted by Gasteiger charge is 2.15. The minimum Gasteiger partial charge on any atom is -0.493 e. The van der Waals surface area contributed by atoms with E-state index in [9.17, 15) is 4.79 Å². The van der Waals surface area contributed by atoms with E-state index in [2.05, 4.69) is 6.92 Å². The summed E-state index contributed by atoms with van der Waals surface area (Å²) in [5, 5.41) is 0.391. The molecule has 0 amide bonds. The molecule has 0 atom stereocenters. The van der Waals surface area contributed by atoms with E-state index in [1.165, 1.54) is 17.7 Å². The Kier molecular flexibility index (Phi) is 6.58. The van der Waals surface area contributed by atoms with Crippen LogP contribution in [-0.4, -0.2) is 18.3 Å². The quantitative estimate of drug-likeness (QED) is 0.553. The summed E-state index contributed by atoms with van der Waals surface area (Å²) in [5.74, 6) is 0.926. The van der Waals surface area contributed by atoms with Crippen LogP contribution in [-0.2, 0) is 6.54 Å². The SMILES string of the molecule is CCCCCOc1ccn(Cc2c(Cl)cc(N)c(OC)c2N)c(=O)c1. The molecule has 1 heterocycles. The average molecular weight is 366 g/mol. The molecule has 4 N–H and O–H groups in total. The first-order valence-electron chi connectivity index (χ1n) is 8.21. The molecule has 1 aromatic carbocycles. The predicted molar refractivity (Wildman–Crippen MR) is 102 cm³/mol. The number of nitrogens with zero attached hydrogens (tertiary/aromatic N) is 1. The number of pyridine rings is 1. The standard InChI is InChI=1S/C18H24ClN3O3/c1-3-4-5-8-25-12-6-7-22(16(23)9-12)11-13-14(19)10-15(20)18(24-2)17(13)21/h6-7,9-10H,3-5,8,11,20-21H2,1-2H3. The lowest BCUT2D eigenvalue weighted by molar-refractivity contribution is 0.305. The fourth-order valence-electron chi connectivity index (χ4n) is 2.52. The molecule has 0 unspecified atom stereocenters. The van der Waals surface area contributed by atoms with Crippen LogP contribution in [0.3, 0.4) is 0 Å². The van der Waals surface area contributed by atoms with Crippen molar-refractivity contribution in [3.63, 3.8) is 0 Å². The van der Waals surface area contributed by atoms with Crippen LogP contribution in [0.4, 0.5) is 11.4 Å². The molecule has 2 rings (SSSR count). The Morgan fingerprint density at radius 3 is 2.64 bits per heavy atom. The molecule has 0 spiro atoms. The first-order valence-corrected chi connectivity index (χ1v) is 8.59. The Morgan fingerprint density at radius 1 is 1.24 bits per heavy atom. The third kappa shape index (κ3) is 4.60. The zero-order chi connectivity index (χ0) is 18.4. The smallest absolute Gasteiger partial charge is 0.254 e. The van der Waals surface area contributed by atoms with E-state index in [4.69, 9.17) is 32.5 Å². The van der Waals surface area contributed by atoms with Crippen molar-refractivity contribution in [3.8, 4) is 11.5 Å². The second-order valence-electron chi connectivity index (χ2n) is 5.76. The van der Waals surface area contributed by atoms with Crippen molar-refractivity contribution in [3.05, 3.63) is 45.3 Å². The second kappa shape index (κ2) is 8.67. The number of aromatic nitrogens is 1. The fraction of sp³-hybridized carbons (Fsp3) is 0.389. The largest absolute Gasteiger partial charge is 0.493 e. The molecule has 0 bridgehead atoms. The monoisotopic (exact) mass is 365 g/mol. The molecule has 6 nitrogen and oxygen atoms in total. The summed E-state index contributed by atoms with van der Waals surface area (Å²) < 4.78 is 12.3. The Balaban J connectivity index is 2.20. The first kappa shape index (κ1) is 19.0.